The molecular weight excluding hydrogens is 346 g/mol. The van der Waals surface area contributed by atoms with Crippen molar-refractivity contribution in [2.45, 2.75) is 18.9 Å². The highest BCUT2D eigenvalue weighted by Crippen LogP contribution is 2.23. The smallest absolute Gasteiger partial charge is 0.261 e. The van der Waals surface area contributed by atoms with E-state index in [0.29, 0.717) is 36.4 Å². The van der Waals surface area contributed by atoms with Crippen LogP contribution in [-0.2, 0) is 4.79 Å². The number of carbonyl (C=O) groups excluding carboxylic acids is 3. The van der Waals surface area contributed by atoms with Crippen molar-refractivity contribution in [3.63, 3.8) is 0 Å². The standard InChI is InChI=1S/C20H21N3O4/c21-17(12-18(22)24)13-6-8-14(9-7-13)27-11-3-10-23-19(25)15-4-1-2-5-16(15)20(23)26/h1-2,4-9,17H,3,10-12,21H2,(H2,22,24). The van der Waals surface area contributed by atoms with Gasteiger partial charge in [-0.05, 0) is 36.2 Å². The predicted molar refractivity (Wildman–Crippen MR) is 99.1 cm³/mol. The van der Waals surface area contributed by atoms with Gasteiger partial charge in [-0.2, -0.15) is 0 Å². The van der Waals surface area contributed by atoms with Crippen LogP contribution in [0.3, 0.4) is 0 Å². The molecule has 1 aliphatic heterocycles. The van der Waals surface area contributed by atoms with E-state index in [-0.39, 0.29) is 18.2 Å². The van der Waals surface area contributed by atoms with Crippen molar-refractivity contribution >= 4 is 17.7 Å². The molecule has 1 aliphatic rings. The van der Waals surface area contributed by atoms with Crippen LogP contribution in [0.1, 0.15) is 45.2 Å². The van der Waals surface area contributed by atoms with E-state index in [1.165, 1.54) is 4.90 Å². The quantitative estimate of drug-likeness (QED) is 0.543. The summed E-state index contributed by atoms with van der Waals surface area (Å²) in [6.07, 6.45) is 0.606. The molecule has 7 heteroatoms. The number of nitrogens with two attached hydrogens (primary N) is 2. The molecule has 0 aliphatic carbocycles. The van der Waals surface area contributed by atoms with Gasteiger partial charge in [-0.1, -0.05) is 24.3 Å². The van der Waals surface area contributed by atoms with E-state index in [1.807, 2.05) is 0 Å². The van der Waals surface area contributed by atoms with Crippen molar-refractivity contribution in [1.82, 2.24) is 4.90 Å². The van der Waals surface area contributed by atoms with Gasteiger partial charge < -0.3 is 16.2 Å². The summed E-state index contributed by atoms with van der Waals surface area (Å²) in [5.41, 5.74) is 12.7. The number of rotatable bonds is 8. The average Bonchev–Trinajstić information content (AvgIpc) is 2.90. The third-order valence-corrected chi connectivity index (χ3v) is 4.40. The average molecular weight is 367 g/mol. The molecule has 0 saturated carbocycles. The maximum Gasteiger partial charge on any atom is 0.261 e. The Kier molecular flexibility index (Phi) is 5.52. The minimum Gasteiger partial charge on any atom is -0.494 e. The largest absolute Gasteiger partial charge is 0.494 e. The van der Waals surface area contributed by atoms with Crippen LogP contribution in [0.4, 0.5) is 0 Å². The maximum atomic E-state index is 12.3. The first-order valence-electron chi connectivity index (χ1n) is 8.69. The van der Waals surface area contributed by atoms with Crippen molar-refractivity contribution in [2.75, 3.05) is 13.2 Å². The Morgan fingerprint density at radius 2 is 1.59 bits per heavy atom. The highest BCUT2D eigenvalue weighted by molar-refractivity contribution is 6.21. The topological polar surface area (TPSA) is 116 Å². The van der Waals surface area contributed by atoms with Crippen LogP contribution in [0.15, 0.2) is 48.5 Å². The highest BCUT2D eigenvalue weighted by Gasteiger charge is 2.34. The second-order valence-electron chi connectivity index (χ2n) is 6.36. The first kappa shape index (κ1) is 18.6. The van der Waals surface area contributed by atoms with Crippen LogP contribution in [0.2, 0.25) is 0 Å². The molecule has 0 spiro atoms. The van der Waals surface area contributed by atoms with Crippen molar-refractivity contribution in [3.8, 4) is 5.75 Å². The van der Waals surface area contributed by atoms with E-state index in [9.17, 15) is 14.4 Å². The zero-order valence-corrected chi connectivity index (χ0v) is 14.8. The molecule has 3 amide bonds. The summed E-state index contributed by atoms with van der Waals surface area (Å²) >= 11 is 0. The molecule has 1 heterocycles. The fourth-order valence-electron chi connectivity index (χ4n) is 3.00. The summed E-state index contributed by atoms with van der Waals surface area (Å²) in [7, 11) is 0. The summed E-state index contributed by atoms with van der Waals surface area (Å²) in [4.78, 5) is 36.7. The number of amides is 3. The minimum atomic E-state index is -0.448. The number of nitrogens with zero attached hydrogens (tertiary/aromatic N) is 1. The lowest BCUT2D eigenvalue weighted by atomic mass is 10.0. The molecule has 27 heavy (non-hydrogen) atoms. The highest BCUT2D eigenvalue weighted by atomic mass is 16.5. The van der Waals surface area contributed by atoms with Gasteiger partial charge in [0.1, 0.15) is 5.75 Å². The van der Waals surface area contributed by atoms with Gasteiger partial charge in [0.2, 0.25) is 5.91 Å². The number of hydrogen-bond acceptors (Lipinski definition) is 5. The Labute approximate surface area is 156 Å². The minimum absolute atomic E-state index is 0.0838. The molecule has 0 aromatic heterocycles. The van der Waals surface area contributed by atoms with Crippen LogP contribution < -0.4 is 16.2 Å². The van der Waals surface area contributed by atoms with Crippen LogP contribution >= 0.6 is 0 Å². The zero-order valence-electron chi connectivity index (χ0n) is 14.8. The van der Waals surface area contributed by atoms with Gasteiger partial charge in [0, 0.05) is 19.0 Å². The molecule has 1 atom stereocenters. The third-order valence-electron chi connectivity index (χ3n) is 4.40. The molecule has 0 fully saturated rings. The van der Waals surface area contributed by atoms with Crippen molar-refractivity contribution in [2.24, 2.45) is 11.5 Å². The SMILES string of the molecule is NC(=O)CC(N)c1ccc(OCCCN2C(=O)c3ccccc3C2=O)cc1. The summed E-state index contributed by atoms with van der Waals surface area (Å²) in [5, 5.41) is 0. The van der Waals surface area contributed by atoms with Gasteiger partial charge in [0.25, 0.3) is 11.8 Å². The number of ether oxygens (including phenoxy) is 1. The molecule has 3 rings (SSSR count). The third kappa shape index (κ3) is 4.15. The van der Waals surface area contributed by atoms with Gasteiger partial charge in [-0.25, -0.2) is 0 Å². The summed E-state index contributed by atoms with van der Waals surface area (Å²) in [6.45, 7) is 0.661. The molecule has 0 bridgehead atoms. The zero-order chi connectivity index (χ0) is 19.4. The fraction of sp³-hybridized carbons (Fsp3) is 0.250. The van der Waals surface area contributed by atoms with Crippen LogP contribution in [-0.4, -0.2) is 35.8 Å². The summed E-state index contributed by atoms with van der Waals surface area (Å²) in [5.74, 6) is -0.324. The predicted octanol–water partition coefficient (Wildman–Crippen LogP) is 1.63. The Balaban J connectivity index is 1.48. The summed E-state index contributed by atoms with van der Waals surface area (Å²) in [6, 6.07) is 13.5. The Morgan fingerprint density at radius 1 is 1.00 bits per heavy atom. The van der Waals surface area contributed by atoms with E-state index in [2.05, 4.69) is 0 Å². The van der Waals surface area contributed by atoms with Crippen molar-refractivity contribution < 1.29 is 19.1 Å². The second kappa shape index (κ2) is 8.01. The molecule has 7 nitrogen and oxygen atoms in total. The molecule has 0 radical (unpaired) electrons. The molecular formula is C20H21N3O4. The molecule has 1 unspecified atom stereocenters. The van der Waals surface area contributed by atoms with E-state index in [4.69, 9.17) is 16.2 Å². The van der Waals surface area contributed by atoms with E-state index in [0.717, 1.165) is 5.56 Å². The molecule has 2 aromatic rings. The lowest BCUT2D eigenvalue weighted by Crippen LogP contribution is -2.31. The Morgan fingerprint density at radius 3 is 2.15 bits per heavy atom. The molecule has 140 valence electrons. The normalized spacial score (nSPS) is 14.2. The van der Waals surface area contributed by atoms with Gasteiger partial charge in [0.05, 0.1) is 17.7 Å². The van der Waals surface area contributed by atoms with Gasteiger partial charge in [-0.15, -0.1) is 0 Å². The van der Waals surface area contributed by atoms with E-state index >= 15 is 0 Å². The van der Waals surface area contributed by atoms with Crippen molar-refractivity contribution in [3.05, 3.63) is 65.2 Å². The van der Waals surface area contributed by atoms with Crippen LogP contribution in [0.5, 0.6) is 5.75 Å². The van der Waals surface area contributed by atoms with Gasteiger partial charge in [-0.3, -0.25) is 19.3 Å². The van der Waals surface area contributed by atoms with Gasteiger partial charge in [0.15, 0.2) is 0 Å². The lowest BCUT2D eigenvalue weighted by molar-refractivity contribution is -0.118. The first-order valence-corrected chi connectivity index (χ1v) is 8.69. The van der Waals surface area contributed by atoms with E-state index in [1.54, 1.807) is 48.5 Å². The number of imide groups is 1. The van der Waals surface area contributed by atoms with Gasteiger partial charge >= 0.3 is 0 Å². The maximum absolute atomic E-state index is 12.3. The molecule has 0 saturated heterocycles. The van der Waals surface area contributed by atoms with E-state index < -0.39 is 11.9 Å². The monoisotopic (exact) mass is 367 g/mol. The fourth-order valence-corrected chi connectivity index (χ4v) is 3.00. The summed E-state index contributed by atoms with van der Waals surface area (Å²) < 4.78 is 5.65. The Bertz CT molecular complexity index is 829. The number of carbonyl (C=O) groups is 3. The number of hydrogen-bond donors (Lipinski definition) is 2. The van der Waals surface area contributed by atoms with Crippen LogP contribution in [0.25, 0.3) is 0 Å². The molecule has 4 N–H and O–H groups in total. The number of primary amides is 1. The number of fused-ring (bicyclic) bond motifs is 1. The first-order chi connectivity index (χ1) is 13.0. The van der Waals surface area contributed by atoms with Crippen molar-refractivity contribution in [1.29, 1.82) is 0 Å². The lowest BCUT2D eigenvalue weighted by Gasteiger charge is -2.14. The Hall–Kier alpha value is -3.19. The second-order valence-corrected chi connectivity index (χ2v) is 6.36. The number of benzene rings is 2. The molecule has 2 aromatic carbocycles. The van der Waals surface area contributed by atoms with Crippen LogP contribution in [0, 0.1) is 0 Å².